The third-order valence-electron chi connectivity index (χ3n) is 0.774. The van der Waals surface area contributed by atoms with E-state index in [1.165, 1.54) is 0 Å². The van der Waals surface area contributed by atoms with Gasteiger partial charge >= 0.3 is 6.35 Å². The number of rotatable bonds is 1. The summed E-state index contributed by atoms with van der Waals surface area (Å²) in [6.45, 7) is 0. The van der Waals surface area contributed by atoms with Gasteiger partial charge in [0.05, 0.1) is 0 Å². The second-order valence-corrected chi connectivity index (χ2v) is 1.29. The Labute approximate surface area is 48.1 Å². The van der Waals surface area contributed by atoms with E-state index < -0.39 is 0 Å². The standard InChI is InChI=1S/C5H7N2O/c1-8-5-6-3-2-4-7-5/h2-4,6H,1H3. The highest BCUT2D eigenvalue weighted by Crippen LogP contribution is 1.98. The number of allylic oxidation sites excluding steroid dienone is 1. The summed E-state index contributed by atoms with van der Waals surface area (Å²) in [6, 6.07) is 0. The van der Waals surface area contributed by atoms with Crippen LogP contribution in [-0.4, -0.2) is 13.3 Å². The summed E-state index contributed by atoms with van der Waals surface area (Å²) >= 11 is 0. The molecule has 1 heterocycles. The summed E-state index contributed by atoms with van der Waals surface area (Å²) in [5.74, 6) is 0. The molecule has 0 atom stereocenters. The molecule has 3 heteroatoms. The molecule has 0 bridgehead atoms. The van der Waals surface area contributed by atoms with E-state index in [1.807, 2.05) is 0 Å². The number of aliphatic imine (C=N–C) groups is 1. The molecule has 0 aromatic heterocycles. The molecule has 1 N–H and O–H groups in total. The molecule has 1 aliphatic rings. The van der Waals surface area contributed by atoms with Crippen molar-refractivity contribution >= 4 is 6.21 Å². The van der Waals surface area contributed by atoms with Crippen molar-refractivity contribution in [2.24, 2.45) is 4.99 Å². The van der Waals surface area contributed by atoms with Crippen LogP contribution < -0.4 is 5.32 Å². The Morgan fingerprint density at radius 1 is 1.75 bits per heavy atom. The Balaban J connectivity index is 2.40. The molecule has 0 saturated heterocycles. The van der Waals surface area contributed by atoms with Crippen LogP contribution in [0.25, 0.3) is 0 Å². The second kappa shape index (κ2) is 2.47. The lowest BCUT2D eigenvalue weighted by atomic mass is 10.6. The lowest BCUT2D eigenvalue weighted by Gasteiger charge is -2.08. The van der Waals surface area contributed by atoms with E-state index in [-0.39, 0.29) is 0 Å². The van der Waals surface area contributed by atoms with Crippen molar-refractivity contribution in [3.05, 3.63) is 18.6 Å². The van der Waals surface area contributed by atoms with E-state index in [9.17, 15) is 0 Å². The zero-order chi connectivity index (χ0) is 5.82. The van der Waals surface area contributed by atoms with Crippen LogP contribution in [0.15, 0.2) is 17.3 Å². The van der Waals surface area contributed by atoms with Crippen LogP contribution >= 0.6 is 0 Å². The molecular formula is C5H7N2O. The highest BCUT2D eigenvalue weighted by Gasteiger charge is 2.02. The van der Waals surface area contributed by atoms with Crippen LogP contribution in [0.3, 0.4) is 0 Å². The van der Waals surface area contributed by atoms with Gasteiger partial charge in [-0.3, -0.25) is 0 Å². The number of nitrogens with zero attached hydrogens (tertiary/aromatic N) is 1. The quantitative estimate of drug-likeness (QED) is 0.526. The summed E-state index contributed by atoms with van der Waals surface area (Å²) < 4.78 is 4.75. The molecule has 3 nitrogen and oxygen atoms in total. The van der Waals surface area contributed by atoms with Crippen LogP contribution in [-0.2, 0) is 4.74 Å². The number of hydrogen-bond donors (Lipinski definition) is 1. The molecule has 1 radical (unpaired) electrons. The number of hydrogen-bond acceptors (Lipinski definition) is 3. The average molecular weight is 111 g/mol. The Bertz CT molecular complexity index is 120. The van der Waals surface area contributed by atoms with Crippen molar-refractivity contribution in [1.82, 2.24) is 5.32 Å². The van der Waals surface area contributed by atoms with Gasteiger partial charge in [-0.15, -0.1) is 0 Å². The molecule has 1 aliphatic heterocycles. The number of methoxy groups -OCH3 is 1. The maximum Gasteiger partial charge on any atom is 0.309 e. The summed E-state index contributed by atoms with van der Waals surface area (Å²) in [7, 11) is 1.57. The first-order valence-electron chi connectivity index (χ1n) is 2.30. The molecular weight excluding hydrogens is 104 g/mol. The molecule has 0 spiro atoms. The van der Waals surface area contributed by atoms with Gasteiger partial charge in [-0.1, -0.05) is 0 Å². The normalized spacial score (nSPS) is 18.6. The minimum atomic E-state index is 0.535. The van der Waals surface area contributed by atoms with Gasteiger partial charge in [0.25, 0.3) is 0 Å². The van der Waals surface area contributed by atoms with E-state index >= 15 is 0 Å². The third-order valence-corrected chi connectivity index (χ3v) is 0.774. The Kier molecular flexibility index (Phi) is 1.64. The lowest BCUT2D eigenvalue weighted by molar-refractivity contribution is 0.190. The van der Waals surface area contributed by atoms with E-state index in [4.69, 9.17) is 4.74 Å². The van der Waals surface area contributed by atoms with Crippen LogP contribution in [0.5, 0.6) is 0 Å². The molecule has 8 heavy (non-hydrogen) atoms. The third kappa shape index (κ3) is 1.07. The first kappa shape index (κ1) is 5.31. The van der Waals surface area contributed by atoms with Gasteiger partial charge < -0.3 is 10.1 Å². The fraction of sp³-hybridized carbons (Fsp3) is 0.200. The maximum atomic E-state index is 4.75. The first-order valence-corrected chi connectivity index (χ1v) is 2.30. The Hall–Kier alpha value is -0.830. The molecule has 0 aliphatic carbocycles. The average Bonchev–Trinajstić information content (AvgIpc) is 1.90. The van der Waals surface area contributed by atoms with Gasteiger partial charge in [-0.25, -0.2) is 4.99 Å². The first-order chi connectivity index (χ1) is 3.93. The zero-order valence-electron chi connectivity index (χ0n) is 4.59. The molecule has 0 aromatic rings. The maximum absolute atomic E-state index is 4.75. The predicted molar refractivity (Wildman–Crippen MR) is 31.0 cm³/mol. The van der Waals surface area contributed by atoms with Crippen LogP contribution in [0, 0.1) is 6.35 Å². The van der Waals surface area contributed by atoms with Crippen molar-refractivity contribution in [3.8, 4) is 0 Å². The topological polar surface area (TPSA) is 33.6 Å². The fourth-order valence-electron chi connectivity index (χ4n) is 0.422. The van der Waals surface area contributed by atoms with Gasteiger partial charge in [0, 0.05) is 19.5 Å². The molecule has 0 saturated carbocycles. The van der Waals surface area contributed by atoms with Crippen LogP contribution in [0.4, 0.5) is 0 Å². The van der Waals surface area contributed by atoms with Crippen molar-refractivity contribution in [2.75, 3.05) is 7.11 Å². The SMILES string of the molecule is CO[C]1N=CC=CN1. The Morgan fingerprint density at radius 2 is 2.62 bits per heavy atom. The van der Waals surface area contributed by atoms with Crippen molar-refractivity contribution < 1.29 is 4.74 Å². The second-order valence-electron chi connectivity index (χ2n) is 1.29. The monoisotopic (exact) mass is 111 g/mol. The van der Waals surface area contributed by atoms with Crippen molar-refractivity contribution in [2.45, 2.75) is 0 Å². The van der Waals surface area contributed by atoms with E-state index in [0.717, 1.165) is 0 Å². The largest absolute Gasteiger partial charge is 0.339 e. The highest BCUT2D eigenvalue weighted by molar-refractivity contribution is 5.72. The van der Waals surface area contributed by atoms with E-state index in [1.54, 1.807) is 25.6 Å². The minimum absolute atomic E-state index is 0.535. The van der Waals surface area contributed by atoms with Gasteiger partial charge in [0.2, 0.25) is 0 Å². The number of nitrogens with one attached hydrogen (secondary N) is 1. The number of ether oxygens (including phenoxy) is 1. The Morgan fingerprint density at radius 3 is 3.00 bits per heavy atom. The van der Waals surface area contributed by atoms with Gasteiger partial charge in [0.15, 0.2) is 0 Å². The molecule has 0 fully saturated rings. The summed E-state index contributed by atoms with van der Waals surface area (Å²) in [4.78, 5) is 3.82. The van der Waals surface area contributed by atoms with Gasteiger partial charge in [0.1, 0.15) is 0 Å². The highest BCUT2D eigenvalue weighted by atomic mass is 16.5. The van der Waals surface area contributed by atoms with Crippen LogP contribution in [0.1, 0.15) is 0 Å². The smallest absolute Gasteiger partial charge is 0.309 e. The van der Waals surface area contributed by atoms with Crippen molar-refractivity contribution in [1.29, 1.82) is 0 Å². The van der Waals surface area contributed by atoms with Gasteiger partial charge in [-0.2, -0.15) is 0 Å². The van der Waals surface area contributed by atoms with E-state index in [2.05, 4.69) is 10.3 Å². The summed E-state index contributed by atoms with van der Waals surface area (Å²) in [5, 5.41) is 2.78. The minimum Gasteiger partial charge on any atom is -0.339 e. The molecule has 1 rings (SSSR count). The molecule has 0 unspecified atom stereocenters. The van der Waals surface area contributed by atoms with Crippen LogP contribution in [0.2, 0.25) is 0 Å². The predicted octanol–water partition coefficient (Wildman–Crippen LogP) is 0.267. The van der Waals surface area contributed by atoms with E-state index in [0.29, 0.717) is 6.35 Å². The summed E-state index contributed by atoms with van der Waals surface area (Å²) in [5.41, 5.74) is 0. The molecule has 0 aromatic carbocycles. The summed E-state index contributed by atoms with van der Waals surface area (Å²) in [6.07, 6.45) is 5.75. The molecule has 0 amide bonds. The lowest BCUT2D eigenvalue weighted by Crippen LogP contribution is -2.16. The fourth-order valence-corrected chi connectivity index (χ4v) is 0.422. The zero-order valence-corrected chi connectivity index (χ0v) is 4.59. The molecule has 43 valence electrons. The van der Waals surface area contributed by atoms with Gasteiger partial charge in [-0.05, 0) is 6.08 Å². The van der Waals surface area contributed by atoms with Crippen molar-refractivity contribution in [3.63, 3.8) is 0 Å².